The van der Waals surface area contributed by atoms with Crippen molar-refractivity contribution in [1.82, 2.24) is 0 Å². The summed E-state index contributed by atoms with van der Waals surface area (Å²) in [7, 11) is 0. The van der Waals surface area contributed by atoms with Crippen molar-refractivity contribution in [3.05, 3.63) is 33.3 Å². The van der Waals surface area contributed by atoms with Crippen molar-refractivity contribution in [2.45, 2.75) is 12.8 Å². The zero-order chi connectivity index (χ0) is 8.97. The topological polar surface area (TPSA) is 0 Å². The third kappa shape index (κ3) is 2.96. The van der Waals surface area contributed by atoms with Gasteiger partial charge in [0.25, 0.3) is 0 Å². The molecule has 3 heteroatoms. The lowest BCUT2D eigenvalue weighted by molar-refractivity contribution is 0.928. The molecule has 0 aliphatic carbocycles. The van der Waals surface area contributed by atoms with E-state index in [1.807, 2.05) is 12.1 Å². The van der Waals surface area contributed by atoms with Crippen LogP contribution in [0, 0.1) is 0 Å². The first-order valence-corrected chi connectivity index (χ1v) is 5.44. The van der Waals surface area contributed by atoms with Gasteiger partial charge in [-0.25, -0.2) is 0 Å². The Morgan fingerprint density at radius 1 is 1.33 bits per heavy atom. The second kappa shape index (κ2) is 5.11. The van der Waals surface area contributed by atoms with E-state index in [0.717, 1.165) is 22.3 Å². The summed E-state index contributed by atoms with van der Waals surface area (Å²) in [6.07, 6.45) is 2.00. The molecule has 0 unspecified atom stereocenters. The second-order valence-corrected chi connectivity index (χ2v) is 4.18. The van der Waals surface area contributed by atoms with Gasteiger partial charge in [0.05, 0.1) is 5.02 Å². The van der Waals surface area contributed by atoms with Gasteiger partial charge in [-0.15, -0.1) is 11.6 Å². The van der Waals surface area contributed by atoms with Gasteiger partial charge in [-0.1, -0.05) is 17.7 Å². The molecule has 0 saturated heterocycles. The highest BCUT2D eigenvalue weighted by molar-refractivity contribution is 9.10. The average molecular weight is 268 g/mol. The third-order valence-electron chi connectivity index (χ3n) is 1.58. The van der Waals surface area contributed by atoms with E-state index in [9.17, 15) is 0 Å². The first-order chi connectivity index (χ1) is 5.74. The highest BCUT2D eigenvalue weighted by Crippen LogP contribution is 2.23. The van der Waals surface area contributed by atoms with Gasteiger partial charge in [-0.2, -0.15) is 0 Å². The Morgan fingerprint density at radius 2 is 2.08 bits per heavy atom. The first kappa shape index (κ1) is 10.4. The minimum absolute atomic E-state index is 0.702. The molecule has 0 aliphatic rings. The van der Waals surface area contributed by atoms with Crippen molar-refractivity contribution in [1.29, 1.82) is 0 Å². The Balaban J connectivity index is 2.69. The summed E-state index contributed by atoms with van der Waals surface area (Å²) < 4.78 is 0.943. The van der Waals surface area contributed by atoms with Gasteiger partial charge in [0.15, 0.2) is 0 Å². The number of alkyl halides is 1. The zero-order valence-corrected chi connectivity index (χ0v) is 9.59. The molecule has 0 spiro atoms. The van der Waals surface area contributed by atoms with E-state index < -0.39 is 0 Å². The lowest BCUT2D eigenvalue weighted by Gasteiger charge is -2.01. The summed E-state index contributed by atoms with van der Waals surface area (Å²) in [5, 5.41) is 0.766. The van der Waals surface area contributed by atoms with Crippen LogP contribution in [0.15, 0.2) is 22.7 Å². The van der Waals surface area contributed by atoms with Gasteiger partial charge in [0, 0.05) is 10.4 Å². The second-order valence-electron chi connectivity index (χ2n) is 2.54. The summed E-state index contributed by atoms with van der Waals surface area (Å²) in [4.78, 5) is 0. The van der Waals surface area contributed by atoms with Crippen LogP contribution in [0.3, 0.4) is 0 Å². The van der Waals surface area contributed by atoms with Gasteiger partial charge in [-0.3, -0.25) is 0 Å². The minimum atomic E-state index is 0.702. The number of hydrogen-bond acceptors (Lipinski definition) is 0. The molecular weight excluding hydrogens is 259 g/mol. The van der Waals surface area contributed by atoms with Crippen LogP contribution in [0.2, 0.25) is 5.02 Å². The van der Waals surface area contributed by atoms with E-state index in [0.29, 0.717) is 5.88 Å². The molecule has 1 rings (SSSR count). The van der Waals surface area contributed by atoms with Crippen LogP contribution in [0.4, 0.5) is 0 Å². The van der Waals surface area contributed by atoms with Gasteiger partial charge in [0.2, 0.25) is 0 Å². The van der Waals surface area contributed by atoms with Crippen molar-refractivity contribution >= 4 is 39.1 Å². The molecule has 1 aromatic rings. The van der Waals surface area contributed by atoms with Gasteiger partial charge in [0.1, 0.15) is 0 Å². The molecule has 0 atom stereocenters. The molecule has 0 bridgehead atoms. The molecule has 0 nitrogen and oxygen atoms in total. The lowest BCUT2D eigenvalue weighted by atomic mass is 10.1. The molecule has 0 fully saturated rings. The van der Waals surface area contributed by atoms with E-state index in [1.165, 1.54) is 5.56 Å². The van der Waals surface area contributed by atoms with Crippen LogP contribution < -0.4 is 0 Å². The molecule has 0 radical (unpaired) electrons. The number of aryl methyl sites for hydroxylation is 1. The van der Waals surface area contributed by atoms with Crippen LogP contribution >= 0.6 is 39.1 Å². The van der Waals surface area contributed by atoms with Gasteiger partial charge in [-0.05, 0) is 46.5 Å². The van der Waals surface area contributed by atoms with Crippen molar-refractivity contribution < 1.29 is 0 Å². The van der Waals surface area contributed by atoms with E-state index >= 15 is 0 Å². The van der Waals surface area contributed by atoms with Crippen LogP contribution in [-0.2, 0) is 6.42 Å². The van der Waals surface area contributed by atoms with Crippen LogP contribution in [-0.4, -0.2) is 5.88 Å². The fourth-order valence-electron chi connectivity index (χ4n) is 0.966. The monoisotopic (exact) mass is 266 g/mol. The van der Waals surface area contributed by atoms with Crippen molar-refractivity contribution in [3.8, 4) is 0 Å². The number of benzene rings is 1. The number of hydrogen-bond donors (Lipinski definition) is 0. The summed E-state index contributed by atoms with van der Waals surface area (Å²) in [5.74, 6) is 0.702. The molecule has 66 valence electrons. The quantitative estimate of drug-likeness (QED) is 0.718. The summed E-state index contributed by atoms with van der Waals surface area (Å²) >= 11 is 14.8. The molecule has 0 aliphatic heterocycles. The third-order valence-corrected chi connectivity index (χ3v) is 3.08. The van der Waals surface area contributed by atoms with Crippen molar-refractivity contribution in [2.24, 2.45) is 0 Å². The summed E-state index contributed by atoms with van der Waals surface area (Å²) in [6, 6.07) is 5.99. The molecular formula is C9H9BrCl2. The predicted molar refractivity (Wildman–Crippen MR) is 58.2 cm³/mol. The van der Waals surface area contributed by atoms with E-state index in [-0.39, 0.29) is 0 Å². The van der Waals surface area contributed by atoms with Gasteiger partial charge < -0.3 is 0 Å². The maximum Gasteiger partial charge on any atom is 0.0550 e. The van der Waals surface area contributed by atoms with Crippen LogP contribution in [0.1, 0.15) is 12.0 Å². The zero-order valence-electron chi connectivity index (χ0n) is 6.49. The Hall–Kier alpha value is 0.280. The standard InChI is InChI=1S/C9H9BrCl2/c10-8-4-3-7(2-1-5-11)6-9(8)12/h3-4,6H,1-2,5H2. The smallest absolute Gasteiger partial charge is 0.0550 e. The first-order valence-electron chi connectivity index (χ1n) is 3.74. The summed E-state index contributed by atoms with van der Waals surface area (Å²) in [5.41, 5.74) is 1.24. The molecule has 0 amide bonds. The molecule has 12 heavy (non-hydrogen) atoms. The SMILES string of the molecule is ClCCCc1ccc(Br)c(Cl)c1. The van der Waals surface area contributed by atoms with Crippen LogP contribution in [0.25, 0.3) is 0 Å². The Morgan fingerprint density at radius 3 is 2.67 bits per heavy atom. The molecule has 0 aromatic heterocycles. The fraction of sp³-hybridized carbons (Fsp3) is 0.333. The number of halogens is 3. The van der Waals surface area contributed by atoms with Gasteiger partial charge >= 0.3 is 0 Å². The Labute approximate surface area is 91.0 Å². The highest BCUT2D eigenvalue weighted by Gasteiger charge is 1.98. The Kier molecular flexibility index (Phi) is 4.41. The molecule has 0 heterocycles. The van der Waals surface area contributed by atoms with Crippen molar-refractivity contribution in [3.63, 3.8) is 0 Å². The fourth-order valence-corrected chi connectivity index (χ4v) is 1.55. The highest BCUT2D eigenvalue weighted by atomic mass is 79.9. The van der Waals surface area contributed by atoms with E-state index in [1.54, 1.807) is 0 Å². The summed E-state index contributed by atoms with van der Waals surface area (Å²) in [6.45, 7) is 0. The minimum Gasteiger partial charge on any atom is -0.127 e. The molecule has 0 N–H and O–H groups in total. The molecule has 0 saturated carbocycles. The van der Waals surface area contributed by atoms with Crippen molar-refractivity contribution in [2.75, 3.05) is 5.88 Å². The van der Waals surface area contributed by atoms with Crippen LogP contribution in [0.5, 0.6) is 0 Å². The molecule has 1 aromatic carbocycles. The average Bonchev–Trinajstić information content (AvgIpc) is 2.07. The number of rotatable bonds is 3. The lowest BCUT2D eigenvalue weighted by Crippen LogP contribution is -1.85. The van der Waals surface area contributed by atoms with E-state index in [2.05, 4.69) is 22.0 Å². The predicted octanol–water partition coefficient (Wildman–Crippen LogP) is 4.27. The maximum absolute atomic E-state index is 5.91. The largest absolute Gasteiger partial charge is 0.127 e. The van der Waals surface area contributed by atoms with E-state index in [4.69, 9.17) is 23.2 Å². The Bertz CT molecular complexity index is 261. The normalized spacial score (nSPS) is 10.2. The maximum atomic E-state index is 5.91.